The average Bonchev–Trinajstić information content (AvgIpc) is 2.81. The largest absolute Gasteiger partial charge is 0.491 e. The topological polar surface area (TPSA) is 55.8 Å². The van der Waals surface area contributed by atoms with Gasteiger partial charge in [-0.25, -0.2) is 0 Å². The van der Waals surface area contributed by atoms with Crippen LogP contribution in [0.5, 0.6) is 11.5 Å². The third-order valence-electron chi connectivity index (χ3n) is 3.03. The Hall–Kier alpha value is -2.11. The smallest absolute Gasteiger partial charge is 0.457 e. The van der Waals surface area contributed by atoms with Gasteiger partial charge in [-0.2, -0.15) is 0 Å². The molecule has 3 rings (SSSR count). The van der Waals surface area contributed by atoms with Crippen molar-refractivity contribution in [3.8, 4) is 11.5 Å². The van der Waals surface area contributed by atoms with Crippen molar-refractivity contribution in [1.82, 2.24) is 0 Å². The monoisotopic (exact) mass is 254 g/mol. The van der Waals surface area contributed by atoms with Crippen molar-refractivity contribution in [3.05, 3.63) is 53.6 Å². The molecule has 1 aliphatic heterocycles. The highest BCUT2D eigenvalue weighted by atomic mass is 16.5. The summed E-state index contributed by atoms with van der Waals surface area (Å²) in [5.74, 6) is 1.33. The maximum Gasteiger partial charge on any atom is 0.491 e. The van der Waals surface area contributed by atoms with Crippen molar-refractivity contribution < 1.29 is 19.2 Å². The molecule has 0 spiro atoms. The Kier molecular flexibility index (Phi) is 3.07. The zero-order chi connectivity index (χ0) is 13.2. The number of carbonyl (C=O) groups excluding carboxylic acids is 1. The SMILES string of the molecule is O=Cc1ccc(Oc2ccc3c(c2)COB3O)cc1. The Labute approximate surface area is 110 Å². The van der Waals surface area contributed by atoms with Crippen molar-refractivity contribution in [2.75, 3.05) is 0 Å². The summed E-state index contributed by atoms with van der Waals surface area (Å²) in [6.45, 7) is 0.387. The highest BCUT2D eigenvalue weighted by Crippen LogP contribution is 2.23. The maximum absolute atomic E-state index is 10.6. The molecular formula is C14H11BO4. The molecule has 0 aromatic heterocycles. The minimum absolute atomic E-state index is 0.387. The third-order valence-corrected chi connectivity index (χ3v) is 3.03. The van der Waals surface area contributed by atoms with E-state index in [1.54, 1.807) is 36.4 Å². The van der Waals surface area contributed by atoms with Gasteiger partial charge in [0.05, 0.1) is 6.61 Å². The van der Waals surface area contributed by atoms with E-state index < -0.39 is 7.12 Å². The Bertz CT molecular complexity index is 609. The Morgan fingerprint density at radius 2 is 1.89 bits per heavy atom. The van der Waals surface area contributed by atoms with Crippen molar-refractivity contribution >= 4 is 18.9 Å². The lowest BCUT2D eigenvalue weighted by Gasteiger charge is -2.07. The Morgan fingerprint density at radius 1 is 1.16 bits per heavy atom. The first-order chi connectivity index (χ1) is 9.26. The molecule has 0 aliphatic carbocycles. The van der Waals surface area contributed by atoms with E-state index in [0.29, 0.717) is 23.7 Å². The Morgan fingerprint density at radius 3 is 2.63 bits per heavy atom. The number of ether oxygens (including phenoxy) is 1. The van der Waals surface area contributed by atoms with Crippen LogP contribution in [0.1, 0.15) is 15.9 Å². The number of hydrogen-bond donors (Lipinski definition) is 1. The van der Waals surface area contributed by atoms with E-state index in [1.807, 2.05) is 6.07 Å². The number of aldehydes is 1. The van der Waals surface area contributed by atoms with E-state index in [1.165, 1.54) is 0 Å². The normalized spacial score (nSPS) is 13.2. The molecule has 0 fully saturated rings. The first kappa shape index (κ1) is 12.0. The molecule has 0 amide bonds. The molecule has 1 heterocycles. The van der Waals surface area contributed by atoms with Crippen LogP contribution < -0.4 is 10.2 Å². The van der Waals surface area contributed by atoms with Gasteiger partial charge >= 0.3 is 7.12 Å². The fraction of sp³-hybridized carbons (Fsp3) is 0.0714. The molecular weight excluding hydrogens is 243 g/mol. The van der Waals surface area contributed by atoms with Crippen LogP contribution in [0.15, 0.2) is 42.5 Å². The molecule has 1 N–H and O–H groups in total. The van der Waals surface area contributed by atoms with Gasteiger partial charge in [-0.15, -0.1) is 0 Å². The fourth-order valence-corrected chi connectivity index (χ4v) is 2.02. The first-order valence-electron chi connectivity index (χ1n) is 5.92. The predicted octanol–water partition coefficient (Wildman–Crippen LogP) is 1.51. The molecule has 1 aliphatic rings. The van der Waals surface area contributed by atoms with E-state index in [2.05, 4.69) is 0 Å². The molecule has 0 bridgehead atoms. The molecule has 4 nitrogen and oxygen atoms in total. The summed E-state index contributed by atoms with van der Waals surface area (Å²) >= 11 is 0. The minimum atomic E-state index is -0.837. The van der Waals surface area contributed by atoms with Gasteiger partial charge in [0, 0.05) is 5.56 Å². The van der Waals surface area contributed by atoms with Gasteiger partial charge in [-0.3, -0.25) is 4.79 Å². The maximum atomic E-state index is 10.6. The molecule has 2 aromatic rings. The molecule has 0 unspecified atom stereocenters. The van der Waals surface area contributed by atoms with Gasteiger partial charge in [-0.1, -0.05) is 6.07 Å². The highest BCUT2D eigenvalue weighted by molar-refractivity contribution is 6.61. The second-order valence-corrected chi connectivity index (χ2v) is 4.31. The molecule has 94 valence electrons. The van der Waals surface area contributed by atoms with E-state index in [0.717, 1.165) is 17.3 Å². The number of carbonyl (C=O) groups is 1. The number of fused-ring (bicyclic) bond motifs is 1. The van der Waals surface area contributed by atoms with E-state index >= 15 is 0 Å². The lowest BCUT2D eigenvalue weighted by atomic mass is 9.80. The van der Waals surface area contributed by atoms with Crippen molar-refractivity contribution in [3.63, 3.8) is 0 Å². The molecule has 0 saturated heterocycles. The van der Waals surface area contributed by atoms with Crippen LogP contribution in [0.2, 0.25) is 0 Å². The highest BCUT2D eigenvalue weighted by Gasteiger charge is 2.27. The first-order valence-corrected chi connectivity index (χ1v) is 5.92. The standard InChI is InChI=1S/C14H11BO4/c16-8-10-1-3-12(4-2-10)19-13-5-6-14-11(7-13)9-18-15(14)17/h1-8,17H,9H2. The van der Waals surface area contributed by atoms with Crippen LogP contribution >= 0.6 is 0 Å². The van der Waals surface area contributed by atoms with Crippen LogP contribution in [-0.2, 0) is 11.3 Å². The summed E-state index contributed by atoms with van der Waals surface area (Å²) in [6.07, 6.45) is 0.790. The van der Waals surface area contributed by atoms with Crippen LogP contribution in [-0.4, -0.2) is 18.4 Å². The summed E-state index contributed by atoms with van der Waals surface area (Å²) in [5.41, 5.74) is 2.32. The predicted molar refractivity (Wildman–Crippen MR) is 70.7 cm³/mol. The van der Waals surface area contributed by atoms with Gasteiger partial charge in [0.1, 0.15) is 17.8 Å². The second kappa shape index (κ2) is 4.88. The zero-order valence-electron chi connectivity index (χ0n) is 10.1. The Balaban J connectivity index is 1.81. The summed E-state index contributed by atoms with van der Waals surface area (Å²) in [4.78, 5) is 10.6. The second-order valence-electron chi connectivity index (χ2n) is 4.31. The number of hydrogen-bond acceptors (Lipinski definition) is 4. The van der Waals surface area contributed by atoms with Crippen molar-refractivity contribution in [2.24, 2.45) is 0 Å². The van der Waals surface area contributed by atoms with Crippen LogP contribution in [0, 0.1) is 0 Å². The van der Waals surface area contributed by atoms with Gasteiger partial charge in [0.2, 0.25) is 0 Å². The van der Waals surface area contributed by atoms with Crippen LogP contribution in [0.4, 0.5) is 0 Å². The number of benzene rings is 2. The molecule has 0 radical (unpaired) electrons. The summed E-state index contributed by atoms with van der Waals surface area (Å²) in [5, 5.41) is 9.52. The summed E-state index contributed by atoms with van der Waals surface area (Å²) in [7, 11) is -0.837. The van der Waals surface area contributed by atoms with Gasteiger partial charge < -0.3 is 14.4 Å². The molecule has 0 saturated carbocycles. The van der Waals surface area contributed by atoms with Crippen molar-refractivity contribution in [1.29, 1.82) is 0 Å². The van der Waals surface area contributed by atoms with Gasteiger partial charge in [-0.05, 0) is 47.4 Å². The van der Waals surface area contributed by atoms with E-state index in [4.69, 9.17) is 9.39 Å². The lowest BCUT2D eigenvalue weighted by molar-refractivity contribution is 0.112. The van der Waals surface area contributed by atoms with Gasteiger partial charge in [0.25, 0.3) is 0 Å². The molecule has 2 aromatic carbocycles. The molecule has 5 heteroatoms. The van der Waals surface area contributed by atoms with Crippen LogP contribution in [0.25, 0.3) is 0 Å². The number of rotatable bonds is 3. The van der Waals surface area contributed by atoms with Gasteiger partial charge in [0.15, 0.2) is 0 Å². The van der Waals surface area contributed by atoms with E-state index in [9.17, 15) is 9.82 Å². The minimum Gasteiger partial charge on any atom is -0.457 e. The third kappa shape index (κ3) is 2.38. The van der Waals surface area contributed by atoms with Crippen LogP contribution in [0.3, 0.4) is 0 Å². The quantitative estimate of drug-likeness (QED) is 0.666. The molecule has 19 heavy (non-hydrogen) atoms. The summed E-state index contributed by atoms with van der Waals surface area (Å²) in [6, 6.07) is 12.3. The average molecular weight is 254 g/mol. The summed E-state index contributed by atoms with van der Waals surface area (Å²) < 4.78 is 10.8. The fourth-order valence-electron chi connectivity index (χ4n) is 2.02. The lowest BCUT2D eigenvalue weighted by Crippen LogP contribution is -2.27. The van der Waals surface area contributed by atoms with E-state index in [-0.39, 0.29) is 0 Å². The van der Waals surface area contributed by atoms with Crippen molar-refractivity contribution in [2.45, 2.75) is 6.61 Å². The molecule has 0 atom stereocenters. The zero-order valence-corrected chi connectivity index (χ0v) is 10.1.